The summed E-state index contributed by atoms with van der Waals surface area (Å²) in [5, 5.41) is 0. The molecule has 21 heavy (non-hydrogen) atoms. The van der Waals surface area contributed by atoms with E-state index in [0.717, 1.165) is 31.9 Å². The summed E-state index contributed by atoms with van der Waals surface area (Å²) in [5.41, 5.74) is 3.96. The third-order valence-electron chi connectivity index (χ3n) is 4.67. The lowest BCUT2D eigenvalue weighted by molar-refractivity contribution is -0.0486. The van der Waals surface area contributed by atoms with Crippen LogP contribution in [0.1, 0.15) is 53.4 Å². The van der Waals surface area contributed by atoms with E-state index in [1.807, 2.05) is 18.0 Å². The van der Waals surface area contributed by atoms with Crippen LogP contribution in [0.25, 0.3) is 0 Å². The standard InChI is InChI=1S/C17H34N2OS/c1-16(2)7-8-17(3,4)15(13-16)14-20-19-10-6-9-18-11-12-21-5/h9,15,19H,6-8,10-14H2,1-5H3/b18-9+. The highest BCUT2D eigenvalue weighted by atomic mass is 32.2. The third kappa shape index (κ3) is 7.66. The summed E-state index contributed by atoms with van der Waals surface area (Å²) in [5.74, 6) is 1.75. The van der Waals surface area contributed by atoms with Crippen molar-refractivity contribution < 1.29 is 4.84 Å². The summed E-state index contributed by atoms with van der Waals surface area (Å²) in [6.45, 7) is 12.1. The minimum absolute atomic E-state index is 0.399. The van der Waals surface area contributed by atoms with E-state index in [1.54, 1.807) is 0 Å². The van der Waals surface area contributed by atoms with Crippen molar-refractivity contribution in [3.05, 3.63) is 0 Å². The van der Waals surface area contributed by atoms with Gasteiger partial charge in [-0.15, -0.1) is 0 Å². The Morgan fingerprint density at radius 2 is 2.05 bits per heavy atom. The lowest BCUT2D eigenvalue weighted by Crippen LogP contribution is -2.39. The molecule has 0 aliphatic heterocycles. The Labute approximate surface area is 135 Å². The van der Waals surface area contributed by atoms with Gasteiger partial charge >= 0.3 is 0 Å². The molecule has 0 amide bonds. The molecule has 0 aromatic carbocycles. The zero-order chi connectivity index (χ0) is 15.8. The molecule has 4 heteroatoms. The van der Waals surface area contributed by atoms with Crippen LogP contribution in [0.2, 0.25) is 0 Å². The minimum Gasteiger partial charge on any atom is -0.301 e. The van der Waals surface area contributed by atoms with Gasteiger partial charge in [-0.1, -0.05) is 27.7 Å². The molecule has 3 nitrogen and oxygen atoms in total. The van der Waals surface area contributed by atoms with Crippen LogP contribution >= 0.6 is 11.8 Å². The first-order chi connectivity index (χ1) is 9.87. The van der Waals surface area contributed by atoms with Crippen LogP contribution in [-0.2, 0) is 4.84 Å². The van der Waals surface area contributed by atoms with Gasteiger partial charge in [0.15, 0.2) is 0 Å². The number of rotatable bonds is 9. The van der Waals surface area contributed by atoms with E-state index in [-0.39, 0.29) is 0 Å². The number of hydrogen-bond acceptors (Lipinski definition) is 4. The van der Waals surface area contributed by atoms with Gasteiger partial charge in [0.05, 0.1) is 6.61 Å². The fourth-order valence-corrected chi connectivity index (χ4v) is 3.16. The molecule has 1 saturated carbocycles. The van der Waals surface area contributed by atoms with Crippen LogP contribution < -0.4 is 5.48 Å². The van der Waals surface area contributed by atoms with Crippen LogP contribution in [0.15, 0.2) is 4.99 Å². The Kier molecular flexibility index (Phi) is 8.28. The number of nitrogens with zero attached hydrogens (tertiary/aromatic N) is 1. The highest BCUT2D eigenvalue weighted by Crippen LogP contribution is 2.48. The Morgan fingerprint density at radius 3 is 2.76 bits per heavy atom. The third-order valence-corrected chi connectivity index (χ3v) is 5.26. The summed E-state index contributed by atoms with van der Waals surface area (Å²) in [4.78, 5) is 10.1. The summed E-state index contributed by atoms with van der Waals surface area (Å²) < 4.78 is 0. The fraction of sp³-hybridized carbons (Fsp3) is 0.941. The van der Waals surface area contributed by atoms with Crippen molar-refractivity contribution in [1.82, 2.24) is 5.48 Å². The topological polar surface area (TPSA) is 33.6 Å². The molecule has 0 aromatic heterocycles. The van der Waals surface area contributed by atoms with Crippen LogP contribution in [0.4, 0.5) is 0 Å². The number of thioether (sulfide) groups is 1. The van der Waals surface area contributed by atoms with Gasteiger partial charge < -0.3 is 4.84 Å². The smallest absolute Gasteiger partial charge is 0.0715 e. The summed E-state index contributed by atoms with van der Waals surface area (Å²) in [7, 11) is 0. The second-order valence-electron chi connectivity index (χ2n) is 7.63. The van der Waals surface area contributed by atoms with Gasteiger partial charge in [-0.25, -0.2) is 5.48 Å². The molecule has 0 saturated heterocycles. The van der Waals surface area contributed by atoms with Gasteiger partial charge in [-0.2, -0.15) is 11.8 Å². The number of aliphatic imine (C=N–C) groups is 1. The van der Waals surface area contributed by atoms with Gasteiger partial charge in [0, 0.05) is 25.1 Å². The summed E-state index contributed by atoms with van der Waals surface area (Å²) in [6, 6.07) is 0. The van der Waals surface area contributed by atoms with Crippen molar-refractivity contribution >= 4 is 18.0 Å². The molecule has 1 rings (SSSR count). The molecule has 1 unspecified atom stereocenters. The van der Waals surface area contributed by atoms with E-state index in [9.17, 15) is 0 Å². The highest BCUT2D eigenvalue weighted by molar-refractivity contribution is 7.98. The van der Waals surface area contributed by atoms with Crippen LogP contribution in [0.5, 0.6) is 0 Å². The van der Waals surface area contributed by atoms with Gasteiger partial charge in [-0.3, -0.25) is 4.99 Å². The Balaban J connectivity index is 2.15. The second-order valence-corrected chi connectivity index (χ2v) is 8.62. The lowest BCUT2D eigenvalue weighted by atomic mass is 9.61. The Hall–Kier alpha value is -0.0600. The van der Waals surface area contributed by atoms with Crippen LogP contribution in [0.3, 0.4) is 0 Å². The quantitative estimate of drug-likeness (QED) is 0.394. The molecule has 1 fully saturated rings. The molecule has 0 heterocycles. The van der Waals surface area contributed by atoms with E-state index >= 15 is 0 Å². The minimum atomic E-state index is 0.399. The van der Waals surface area contributed by atoms with Gasteiger partial charge in [0.2, 0.25) is 0 Å². The van der Waals surface area contributed by atoms with Crippen molar-refractivity contribution in [2.45, 2.75) is 53.4 Å². The molecule has 0 spiro atoms. The molecule has 1 N–H and O–H groups in total. The van der Waals surface area contributed by atoms with Crippen molar-refractivity contribution in [3.63, 3.8) is 0 Å². The van der Waals surface area contributed by atoms with Gasteiger partial charge in [-0.05, 0) is 48.7 Å². The average Bonchev–Trinajstić information content (AvgIpc) is 2.41. The molecule has 1 atom stereocenters. The van der Waals surface area contributed by atoms with Gasteiger partial charge in [0.25, 0.3) is 0 Å². The van der Waals surface area contributed by atoms with E-state index in [1.165, 1.54) is 19.3 Å². The highest BCUT2D eigenvalue weighted by Gasteiger charge is 2.39. The number of hydrogen-bond donors (Lipinski definition) is 1. The molecule has 0 aromatic rings. The Bertz CT molecular complexity index is 316. The summed E-state index contributed by atoms with van der Waals surface area (Å²) in [6.07, 6.45) is 8.94. The molecule has 1 aliphatic carbocycles. The second kappa shape index (κ2) is 9.16. The van der Waals surface area contributed by atoms with E-state index in [4.69, 9.17) is 4.84 Å². The number of hydroxylamine groups is 1. The normalized spacial score (nSPS) is 24.5. The van der Waals surface area contributed by atoms with Crippen molar-refractivity contribution in [2.75, 3.05) is 31.7 Å². The first-order valence-corrected chi connectivity index (χ1v) is 9.59. The molecule has 0 bridgehead atoms. The first-order valence-electron chi connectivity index (χ1n) is 8.19. The van der Waals surface area contributed by atoms with Crippen LogP contribution in [0, 0.1) is 16.7 Å². The maximum atomic E-state index is 5.71. The van der Waals surface area contributed by atoms with Crippen molar-refractivity contribution in [3.8, 4) is 0 Å². The lowest BCUT2D eigenvalue weighted by Gasteiger charge is -2.45. The van der Waals surface area contributed by atoms with Gasteiger partial charge in [0.1, 0.15) is 0 Å². The maximum absolute atomic E-state index is 5.71. The first kappa shape index (κ1) is 19.0. The molecule has 1 aliphatic rings. The molecule has 124 valence electrons. The fourth-order valence-electron chi connectivity index (χ4n) is 2.88. The Morgan fingerprint density at radius 1 is 1.29 bits per heavy atom. The number of nitrogens with one attached hydrogen (secondary N) is 1. The van der Waals surface area contributed by atoms with Crippen molar-refractivity contribution in [1.29, 1.82) is 0 Å². The van der Waals surface area contributed by atoms with Crippen LogP contribution in [-0.4, -0.2) is 37.9 Å². The molecule has 0 radical (unpaired) electrons. The van der Waals surface area contributed by atoms with Crippen molar-refractivity contribution in [2.24, 2.45) is 21.7 Å². The van der Waals surface area contributed by atoms with E-state index in [2.05, 4.69) is 44.4 Å². The van der Waals surface area contributed by atoms with E-state index < -0.39 is 0 Å². The molecular weight excluding hydrogens is 280 g/mol. The largest absolute Gasteiger partial charge is 0.301 e. The van der Waals surface area contributed by atoms with E-state index in [0.29, 0.717) is 16.7 Å². The predicted molar refractivity (Wildman–Crippen MR) is 95.2 cm³/mol. The zero-order valence-corrected chi connectivity index (χ0v) is 15.4. The predicted octanol–water partition coefficient (Wildman–Crippen LogP) is 4.18. The average molecular weight is 315 g/mol. The maximum Gasteiger partial charge on any atom is 0.0715 e. The summed E-state index contributed by atoms with van der Waals surface area (Å²) >= 11 is 1.83. The zero-order valence-electron chi connectivity index (χ0n) is 14.6. The SMILES string of the molecule is CSCC/N=C/CCNOCC1CC(C)(C)CCC1(C)C. The molecular formula is C17H34N2OS. The monoisotopic (exact) mass is 314 g/mol.